The van der Waals surface area contributed by atoms with Crippen LogP contribution in [0.3, 0.4) is 0 Å². The van der Waals surface area contributed by atoms with Gasteiger partial charge in [0.2, 0.25) is 0 Å². The molecule has 122 valence electrons. The summed E-state index contributed by atoms with van der Waals surface area (Å²) in [4.78, 5) is 11.1. The first-order valence-corrected chi connectivity index (χ1v) is 6.54. The summed E-state index contributed by atoms with van der Waals surface area (Å²) in [5.74, 6) is -2.67. The highest BCUT2D eigenvalue weighted by atomic mass is 19.1. The quantitative estimate of drug-likeness (QED) is 0.626. The standard InChI is InChI=1S/C16H13F3O4/c1-9-6-13(19)15(7-12(9)18)22-8-10-11(17)4-3-5-14(10)23-16(20)21-2/h3-7H,8H2,1-2H3. The number of halogens is 3. The Morgan fingerprint density at radius 2 is 1.78 bits per heavy atom. The summed E-state index contributed by atoms with van der Waals surface area (Å²) in [6, 6.07) is 5.60. The van der Waals surface area contributed by atoms with E-state index in [-0.39, 0.29) is 22.6 Å². The largest absolute Gasteiger partial charge is 0.513 e. The van der Waals surface area contributed by atoms with Crippen molar-refractivity contribution in [2.45, 2.75) is 13.5 Å². The molecule has 0 aromatic heterocycles. The Balaban J connectivity index is 2.23. The van der Waals surface area contributed by atoms with Gasteiger partial charge in [0.15, 0.2) is 11.6 Å². The fourth-order valence-corrected chi connectivity index (χ4v) is 1.79. The minimum Gasteiger partial charge on any atom is -0.485 e. The Labute approximate surface area is 130 Å². The molecule has 0 aliphatic heterocycles. The lowest BCUT2D eigenvalue weighted by Gasteiger charge is -2.12. The number of benzene rings is 2. The van der Waals surface area contributed by atoms with Gasteiger partial charge in [0.25, 0.3) is 0 Å². The molecule has 0 heterocycles. The lowest BCUT2D eigenvalue weighted by molar-refractivity contribution is 0.120. The minimum atomic E-state index is -1.04. The van der Waals surface area contributed by atoms with E-state index < -0.39 is 30.2 Å². The van der Waals surface area contributed by atoms with Gasteiger partial charge in [0.05, 0.1) is 12.7 Å². The summed E-state index contributed by atoms with van der Waals surface area (Å²) in [7, 11) is 1.10. The molecule has 0 N–H and O–H groups in total. The molecule has 0 saturated heterocycles. The van der Waals surface area contributed by atoms with Gasteiger partial charge in [-0.15, -0.1) is 0 Å². The first-order chi connectivity index (χ1) is 10.9. The topological polar surface area (TPSA) is 44.8 Å². The zero-order chi connectivity index (χ0) is 17.0. The number of carbonyl (C=O) groups is 1. The first-order valence-electron chi connectivity index (χ1n) is 6.54. The smallest absolute Gasteiger partial charge is 0.485 e. The molecule has 0 saturated carbocycles. The van der Waals surface area contributed by atoms with E-state index >= 15 is 0 Å². The molecule has 7 heteroatoms. The van der Waals surface area contributed by atoms with Gasteiger partial charge in [-0.2, -0.15) is 0 Å². The molecule has 0 unspecified atom stereocenters. The van der Waals surface area contributed by atoms with Gasteiger partial charge in [-0.3, -0.25) is 0 Å². The molecule has 0 amide bonds. The number of rotatable bonds is 4. The Morgan fingerprint density at radius 3 is 2.48 bits per heavy atom. The second-order valence-corrected chi connectivity index (χ2v) is 4.59. The third kappa shape index (κ3) is 3.94. The zero-order valence-corrected chi connectivity index (χ0v) is 12.4. The fourth-order valence-electron chi connectivity index (χ4n) is 1.79. The number of hydrogen-bond acceptors (Lipinski definition) is 4. The van der Waals surface area contributed by atoms with Crippen LogP contribution in [0.15, 0.2) is 30.3 Å². The van der Waals surface area contributed by atoms with Gasteiger partial charge < -0.3 is 14.2 Å². The van der Waals surface area contributed by atoms with E-state index in [1.807, 2.05) is 0 Å². The summed E-state index contributed by atoms with van der Waals surface area (Å²) in [5, 5.41) is 0. The van der Waals surface area contributed by atoms with E-state index in [1.54, 1.807) is 0 Å². The van der Waals surface area contributed by atoms with Crippen molar-refractivity contribution in [3.8, 4) is 11.5 Å². The molecule has 23 heavy (non-hydrogen) atoms. The van der Waals surface area contributed by atoms with Crippen LogP contribution in [0.5, 0.6) is 11.5 Å². The Kier molecular flexibility index (Phi) is 5.10. The van der Waals surface area contributed by atoms with Gasteiger partial charge in [-0.1, -0.05) is 6.07 Å². The van der Waals surface area contributed by atoms with Gasteiger partial charge in [0, 0.05) is 6.07 Å². The van der Waals surface area contributed by atoms with Gasteiger partial charge in [0.1, 0.15) is 24.0 Å². The average Bonchev–Trinajstić information content (AvgIpc) is 2.51. The van der Waals surface area contributed by atoms with E-state index in [0.29, 0.717) is 0 Å². The maximum absolute atomic E-state index is 13.9. The van der Waals surface area contributed by atoms with Crippen LogP contribution in [0.1, 0.15) is 11.1 Å². The van der Waals surface area contributed by atoms with Gasteiger partial charge in [-0.05, 0) is 30.7 Å². The van der Waals surface area contributed by atoms with E-state index in [0.717, 1.165) is 25.3 Å². The lowest BCUT2D eigenvalue weighted by atomic mass is 10.2. The van der Waals surface area contributed by atoms with E-state index in [9.17, 15) is 18.0 Å². The summed E-state index contributed by atoms with van der Waals surface area (Å²) < 4.78 is 55.3. The Bertz CT molecular complexity index is 732. The molecule has 0 aliphatic rings. The van der Waals surface area contributed by atoms with Crippen molar-refractivity contribution < 1.29 is 32.2 Å². The molecule has 0 aliphatic carbocycles. The third-order valence-corrected chi connectivity index (χ3v) is 3.02. The lowest BCUT2D eigenvalue weighted by Crippen LogP contribution is -2.11. The molecule has 2 aromatic carbocycles. The second-order valence-electron chi connectivity index (χ2n) is 4.59. The van der Waals surface area contributed by atoms with E-state index in [4.69, 9.17) is 9.47 Å². The second kappa shape index (κ2) is 7.04. The van der Waals surface area contributed by atoms with Crippen molar-refractivity contribution in [2.75, 3.05) is 7.11 Å². The molecular formula is C16H13F3O4. The maximum atomic E-state index is 13.9. The highest BCUT2D eigenvalue weighted by Gasteiger charge is 2.16. The van der Waals surface area contributed by atoms with E-state index in [1.165, 1.54) is 19.1 Å². The first kappa shape index (κ1) is 16.7. The molecule has 0 bridgehead atoms. The van der Waals surface area contributed by atoms with Crippen molar-refractivity contribution >= 4 is 6.16 Å². The Morgan fingerprint density at radius 1 is 1.04 bits per heavy atom. The van der Waals surface area contributed by atoms with Crippen LogP contribution >= 0.6 is 0 Å². The Hall–Kier alpha value is -2.70. The molecule has 0 spiro atoms. The van der Waals surface area contributed by atoms with Crippen LogP contribution in [-0.2, 0) is 11.3 Å². The van der Waals surface area contributed by atoms with Crippen LogP contribution < -0.4 is 9.47 Å². The molecule has 2 aromatic rings. The van der Waals surface area contributed by atoms with Crippen LogP contribution in [0, 0.1) is 24.4 Å². The van der Waals surface area contributed by atoms with Crippen molar-refractivity contribution in [1.82, 2.24) is 0 Å². The van der Waals surface area contributed by atoms with Crippen molar-refractivity contribution in [3.63, 3.8) is 0 Å². The number of methoxy groups -OCH3 is 1. The highest BCUT2D eigenvalue weighted by Crippen LogP contribution is 2.26. The summed E-state index contributed by atoms with van der Waals surface area (Å²) in [6.45, 7) is 0.944. The number of ether oxygens (including phenoxy) is 3. The monoisotopic (exact) mass is 326 g/mol. The maximum Gasteiger partial charge on any atom is 0.513 e. The van der Waals surface area contributed by atoms with Crippen LogP contribution in [0.25, 0.3) is 0 Å². The molecule has 4 nitrogen and oxygen atoms in total. The molecule has 0 radical (unpaired) electrons. The van der Waals surface area contributed by atoms with Crippen molar-refractivity contribution in [2.24, 2.45) is 0 Å². The predicted octanol–water partition coefficient (Wildman–Crippen LogP) is 4.14. The zero-order valence-electron chi connectivity index (χ0n) is 12.4. The molecular weight excluding hydrogens is 313 g/mol. The molecule has 0 atom stereocenters. The van der Waals surface area contributed by atoms with Gasteiger partial charge >= 0.3 is 6.16 Å². The number of hydrogen-bond donors (Lipinski definition) is 0. The van der Waals surface area contributed by atoms with Gasteiger partial charge in [-0.25, -0.2) is 18.0 Å². The summed E-state index contributed by atoms with van der Waals surface area (Å²) in [5.41, 5.74) is -0.00580. The summed E-state index contributed by atoms with van der Waals surface area (Å²) >= 11 is 0. The fraction of sp³-hybridized carbons (Fsp3) is 0.188. The predicted molar refractivity (Wildman–Crippen MR) is 74.9 cm³/mol. The van der Waals surface area contributed by atoms with Crippen molar-refractivity contribution in [3.05, 3.63) is 58.9 Å². The average molecular weight is 326 g/mol. The minimum absolute atomic E-state index is 0.121. The van der Waals surface area contributed by atoms with Crippen molar-refractivity contribution in [1.29, 1.82) is 0 Å². The SMILES string of the molecule is COC(=O)Oc1cccc(F)c1COc1cc(F)c(C)cc1F. The highest BCUT2D eigenvalue weighted by molar-refractivity contribution is 5.64. The normalized spacial score (nSPS) is 10.3. The van der Waals surface area contributed by atoms with E-state index in [2.05, 4.69) is 4.74 Å². The van der Waals surface area contributed by atoms with Crippen LogP contribution in [-0.4, -0.2) is 13.3 Å². The third-order valence-electron chi connectivity index (χ3n) is 3.02. The summed E-state index contributed by atoms with van der Waals surface area (Å²) in [6.07, 6.45) is -1.04. The van der Waals surface area contributed by atoms with Crippen LogP contribution in [0.4, 0.5) is 18.0 Å². The number of aryl methyl sites for hydroxylation is 1. The molecule has 0 fully saturated rings. The number of carbonyl (C=O) groups excluding carboxylic acids is 1. The molecule has 2 rings (SSSR count). The van der Waals surface area contributed by atoms with Crippen LogP contribution in [0.2, 0.25) is 0 Å².